The number of rotatable bonds is 5. The number of hydrogen-bond donors (Lipinski definition) is 0. The molecule has 1 atom stereocenters. The largest absolute Gasteiger partial charge is 0.362 e. The topological polar surface area (TPSA) is 9.23 Å². The van der Waals surface area contributed by atoms with E-state index in [1.54, 1.807) is 0 Å². The summed E-state index contributed by atoms with van der Waals surface area (Å²) in [5.74, 6) is 3.83. The first-order valence-electron chi connectivity index (χ1n) is 9.49. The molecule has 0 spiro atoms. The summed E-state index contributed by atoms with van der Waals surface area (Å²) in [5.41, 5.74) is 0.345. The van der Waals surface area contributed by atoms with Gasteiger partial charge in [-0.1, -0.05) is 43.7 Å². The fraction of sp³-hybridized carbons (Fsp3) is 1.00. The molecule has 0 aromatic carbocycles. The van der Waals surface area contributed by atoms with Crippen molar-refractivity contribution < 1.29 is 4.74 Å². The molecule has 0 aromatic heterocycles. The lowest BCUT2D eigenvalue weighted by molar-refractivity contribution is -0.114. The van der Waals surface area contributed by atoms with E-state index in [4.69, 9.17) is 16.3 Å². The van der Waals surface area contributed by atoms with Crippen molar-refractivity contribution in [3.63, 3.8) is 0 Å². The van der Waals surface area contributed by atoms with Gasteiger partial charge in [-0.25, -0.2) is 0 Å². The van der Waals surface area contributed by atoms with Gasteiger partial charge in [-0.2, -0.15) is 0 Å². The molecule has 0 amide bonds. The lowest BCUT2D eigenvalue weighted by Crippen LogP contribution is -2.50. The third-order valence-electron chi connectivity index (χ3n) is 7.08. The molecule has 1 unspecified atom stereocenters. The second kappa shape index (κ2) is 6.04. The normalized spacial score (nSPS) is 44.1. The third kappa shape index (κ3) is 3.02. The molecule has 120 valence electrons. The molecule has 1 nitrogen and oxygen atoms in total. The molecule has 5 aliphatic rings. The predicted molar refractivity (Wildman–Crippen MR) is 87.4 cm³/mol. The average Bonchev–Trinajstić information content (AvgIpc) is 2.47. The Balaban J connectivity index is 1.29. The Morgan fingerprint density at radius 3 is 2.05 bits per heavy atom. The highest BCUT2D eigenvalue weighted by Crippen LogP contribution is 2.62. The van der Waals surface area contributed by atoms with Crippen LogP contribution in [0.15, 0.2) is 0 Å². The van der Waals surface area contributed by atoms with Crippen LogP contribution >= 0.6 is 11.6 Å². The summed E-state index contributed by atoms with van der Waals surface area (Å²) < 4.78 is 6.19. The second-order valence-corrected chi connectivity index (χ2v) is 9.16. The summed E-state index contributed by atoms with van der Waals surface area (Å²) >= 11 is 6.80. The van der Waals surface area contributed by atoms with Crippen molar-refractivity contribution in [3.05, 3.63) is 0 Å². The highest BCUT2D eigenvalue weighted by Gasteiger charge is 2.54. The molecule has 0 saturated heterocycles. The van der Waals surface area contributed by atoms with E-state index in [1.165, 1.54) is 77.0 Å². The summed E-state index contributed by atoms with van der Waals surface area (Å²) in [6, 6.07) is 0. The summed E-state index contributed by atoms with van der Waals surface area (Å²) in [5, 5.41) is 0. The first kappa shape index (κ1) is 14.8. The van der Waals surface area contributed by atoms with Crippen LogP contribution in [0.3, 0.4) is 0 Å². The van der Waals surface area contributed by atoms with Crippen LogP contribution in [-0.2, 0) is 4.74 Å². The molecule has 0 aliphatic heterocycles. The van der Waals surface area contributed by atoms with Crippen molar-refractivity contribution in [2.45, 2.75) is 82.6 Å². The van der Waals surface area contributed by atoms with Crippen LogP contribution in [0.2, 0.25) is 0 Å². The van der Waals surface area contributed by atoms with Gasteiger partial charge in [0.2, 0.25) is 0 Å². The molecular formula is C19H31ClO. The van der Waals surface area contributed by atoms with Crippen molar-refractivity contribution in [1.29, 1.82) is 0 Å². The number of alkyl halides is 1. The van der Waals surface area contributed by atoms with E-state index in [0.717, 1.165) is 30.3 Å². The van der Waals surface area contributed by atoms with E-state index in [2.05, 4.69) is 0 Å². The van der Waals surface area contributed by atoms with Crippen molar-refractivity contribution in [3.8, 4) is 0 Å². The predicted octanol–water partition coefficient (Wildman–Crippen LogP) is 5.75. The van der Waals surface area contributed by atoms with Crippen LogP contribution in [0.1, 0.15) is 77.0 Å². The van der Waals surface area contributed by atoms with Crippen LogP contribution in [0.25, 0.3) is 0 Å². The molecule has 4 bridgehead atoms. The third-order valence-corrected chi connectivity index (χ3v) is 7.67. The highest BCUT2D eigenvalue weighted by molar-refractivity contribution is 6.20. The van der Waals surface area contributed by atoms with Crippen molar-refractivity contribution >= 4 is 11.6 Å². The van der Waals surface area contributed by atoms with Crippen molar-refractivity contribution in [2.24, 2.45) is 29.1 Å². The Labute approximate surface area is 135 Å². The van der Waals surface area contributed by atoms with Gasteiger partial charge in [-0.3, -0.25) is 0 Å². The Kier molecular flexibility index (Phi) is 4.26. The zero-order valence-corrected chi connectivity index (χ0v) is 14.1. The molecule has 5 aliphatic carbocycles. The van der Waals surface area contributed by atoms with Gasteiger partial charge in [-0.15, -0.1) is 0 Å². The SMILES string of the molecule is ClC(OCCC1CCCCC1)C12CC3CC(CC(C3)C1)C2. The van der Waals surface area contributed by atoms with Crippen LogP contribution < -0.4 is 0 Å². The second-order valence-electron chi connectivity index (χ2n) is 8.76. The maximum absolute atomic E-state index is 6.80. The van der Waals surface area contributed by atoms with Gasteiger partial charge in [-0.05, 0) is 68.6 Å². The van der Waals surface area contributed by atoms with Crippen molar-refractivity contribution in [2.75, 3.05) is 6.61 Å². The molecular weight excluding hydrogens is 280 g/mol. The molecule has 0 N–H and O–H groups in total. The quantitative estimate of drug-likeness (QED) is 0.587. The maximum Gasteiger partial charge on any atom is 0.136 e. The zero-order valence-electron chi connectivity index (χ0n) is 13.4. The first-order chi connectivity index (χ1) is 10.2. The fourth-order valence-electron chi connectivity index (χ4n) is 6.45. The zero-order chi connectivity index (χ0) is 14.3. The minimum Gasteiger partial charge on any atom is -0.362 e. The summed E-state index contributed by atoms with van der Waals surface area (Å²) in [7, 11) is 0. The van der Waals surface area contributed by atoms with Crippen LogP contribution in [0.4, 0.5) is 0 Å². The minimum absolute atomic E-state index is 0.00510. The van der Waals surface area contributed by atoms with Gasteiger partial charge in [0.05, 0.1) is 0 Å². The molecule has 21 heavy (non-hydrogen) atoms. The van der Waals surface area contributed by atoms with Gasteiger partial charge in [0, 0.05) is 12.0 Å². The van der Waals surface area contributed by atoms with E-state index in [-0.39, 0.29) is 5.56 Å². The van der Waals surface area contributed by atoms with Gasteiger partial charge in [0.1, 0.15) is 5.56 Å². The molecule has 5 saturated carbocycles. The lowest BCUT2D eigenvalue weighted by atomic mass is 9.50. The summed E-state index contributed by atoms with van der Waals surface area (Å²) in [4.78, 5) is 0. The monoisotopic (exact) mass is 310 g/mol. The fourth-order valence-corrected chi connectivity index (χ4v) is 6.80. The summed E-state index contributed by atoms with van der Waals surface area (Å²) in [6.45, 7) is 0.903. The summed E-state index contributed by atoms with van der Waals surface area (Å²) in [6.07, 6.45) is 17.0. The molecule has 5 fully saturated rings. The van der Waals surface area contributed by atoms with Gasteiger partial charge in [0.25, 0.3) is 0 Å². The molecule has 0 radical (unpaired) electrons. The van der Waals surface area contributed by atoms with Gasteiger partial charge < -0.3 is 4.74 Å². The molecule has 5 rings (SSSR count). The molecule has 0 heterocycles. The Hall–Kier alpha value is 0.250. The minimum atomic E-state index is -0.00510. The van der Waals surface area contributed by atoms with E-state index < -0.39 is 0 Å². The number of halogens is 1. The Morgan fingerprint density at radius 1 is 0.905 bits per heavy atom. The van der Waals surface area contributed by atoms with Gasteiger partial charge in [0.15, 0.2) is 0 Å². The van der Waals surface area contributed by atoms with E-state index in [9.17, 15) is 0 Å². The van der Waals surface area contributed by atoms with Crippen LogP contribution in [0, 0.1) is 29.1 Å². The van der Waals surface area contributed by atoms with Crippen LogP contribution in [0.5, 0.6) is 0 Å². The smallest absolute Gasteiger partial charge is 0.136 e. The van der Waals surface area contributed by atoms with E-state index in [1.807, 2.05) is 0 Å². The highest BCUT2D eigenvalue weighted by atomic mass is 35.5. The maximum atomic E-state index is 6.80. The molecule has 0 aromatic rings. The Morgan fingerprint density at radius 2 is 1.48 bits per heavy atom. The van der Waals surface area contributed by atoms with Crippen LogP contribution in [-0.4, -0.2) is 12.2 Å². The van der Waals surface area contributed by atoms with Crippen molar-refractivity contribution in [1.82, 2.24) is 0 Å². The van der Waals surface area contributed by atoms with E-state index >= 15 is 0 Å². The van der Waals surface area contributed by atoms with Gasteiger partial charge >= 0.3 is 0 Å². The van der Waals surface area contributed by atoms with E-state index in [0.29, 0.717) is 5.41 Å². The lowest BCUT2D eigenvalue weighted by Gasteiger charge is -2.58. The standard InChI is InChI=1S/C19H31ClO/c20-18(21-7-6-14-4-2-1-3-5-14)19-11-15-8-16(12-19)10-17(9-15)13-19/h14-18H,1-13H2. The first-order valence-corrected chi connectivity index (χ1v) is 9.93. The Bertz CT molecular complexity index is 325. The average molecular weight is 311 g/mol. The molecule has 2 heteroatoms. The number of hydrogen-bond acceptors (Lipinski definition) is 1. The number of ether oxygens (including phenoxy) is 1.